The molecule has 0 atom stereocenters. The number of anilines is 1. The number of hydrogen-bond donors (Lipinski definition) is 1. The first-order chi connectivity index (χ1) is 11.5. The minimum atomic E-state index is -0.489. The molecule has 0 spiro atoms. The van der Waals surface area contributed by atoms with Crippen molar-refractivity contribution in [2.75, 3.05) is 5.32 Å². The first-order valence-corrected chi connectivity index (χ1v) is 7.33. The van der Waals surface area contributed by atoms with Gasteiger partial charge in [-0.1, -0.05) is 35.9 Å². The summed E-state index contributed by atoms with van der Waals surface area (Å²) in [6, 6.07) is 15.9. The van der Waals surface area contributed by atoms with Crippen LogP contribution >= 0.6 is 11.6 Å². The summed E-state index contributed by atoms with van der Waals surface area (Å²) in [5, 5.41) is 13.9. The van der Waals surface area contributed by atoms with Crippen molar-refractivity contribution >= 4 is 28.9 Å². The number of furan rings is 1. The molecule has 1 amide bonds. The highest BCUT2D eigenvalue weighted by atomic mass is 35.5. The Bertz CT molecular complexity index is 920. The van der Waals surface area contributed by atoms with Gasteiger partial charge < -0.3 is 9.73 Å². The molecule has 0 aliphatic carbocycles. The standard InChI is InChI=1S/C17H11ClN2O4/c18-13-6-1-2-7-14(13)19-17(21)16-9-8-15(24-16)11-4-3-5-12(10-11)20(22)23/h1-10H,(H,19,21). The Morgan fingerprint density at radius 1 is 1.08 bits per heavy atom. The van der Waals surface area contributed by atoms with Crippen LogP contribution in [0.2, 0.25) is 5.02 Å². The van der Waals surface area contributed by atoms with E-state index in [2.05, 4.69) is 5.32 Å². The number of rotatable bonds is 4. The molecule has 6 nitrogen and oxygen atoms in total. The predicted octanol–water partition coefficient (Wildman–Crippen LogP) is 4.76. The third kappa shape index (κ3) is 3.28. The van der Waals surface area contributed by atoms with Crippen LogP contribution in [0.15, 0.2) is 65.1 Å². The van der Waals surface area contributed by atoms with Crippen molar-refractivity contribution in [3.8, 4) is 11.3 Å². The average molecular weight is 343 g/mol. The van der Waals surface area contributed by atoms with Gasteiger partial charge in [0.1, 0.15) is 5.76 Å². The number of nitro groups is 1. The largest absolute Gasteiger partial charge is 0.451 e. The van der Waals surface area contributed by atoms with Gasteiger partial charge in [0, 0.05) is 17.7 Å². The van der Waals surface area contributed by atoms with Gasteiger partial charge in [-0.05, 0) is 24.3 Å². The fraction of sp³-hybridized carbons (Fsp3) is 0. The summed E-state index contributed by atoms with van der Waals surface area (Å²) in [7, 11) is 0. The second-order valence-corrected chi connectivity index (χ2v) is 5.31. The summed E-state index contributed by atoms with van der Waals surface area (Å²) >= 11 is 5.99. The SMILES string of the molecule is O=C(Nc1ccccc1Cl)c1ccc(-c2cccc([N+](=O)[O-])c2)o1. The molecule has 0 bridgehead atoms. The zero-order chi connectivity index (χ0) is 17.1. The smallest absolute Gasteiger partial charge is 0.291 e. The third-order valence-electron chi connectivity index (χ3n) is 3.29. The molecule has 3 rings (SSSR count). The van der Waals surface area contributed by atoms with E-state index in [1.165, 1.54) is 18.2 Å². The summed E-state index contributed by atoms with van der Waals surface area (Å²) < 4.78 is 5.50. The number of benzene rings is 2. The molecule has 1 N–H and O–H groups in total. The van der Waals surface area contributed by atoms with E-state index in [0.29, 0.717) is 22.0 Å². The lowest BCUT2D eigenvalue weighted by Crippen LogP contribution is -2.11. The molecule has 3 aromatic rings. The second kappa shape index (κ2) is 6.55. The van der Waals surface area contributed by atoms with E-state index >= 15 is 0 Å². The van der Waals surface area contributed by atoms with Gasteiger partial charge in [-0.3, -0.25) is 14.9 Å². The summed E-state index contributed by atoms with van der Waals surface area (Å²) in [6.45, 7) is 0. The molecule has 1 heterocycles. The number of carbonyl (C=O) groups excluding carboxylic acids is 1. The van der Waals surface area contributed by atoms with Crippen molar-refractivity contribution in [1.29, 1.82) is 0 Å². The molecule has 0 saturated carbocycles. The number of nitrogens with one attached hydrogen (secondary N) is 1. The van der Waals surface area contributed by atoms with Crippen LogP contribution in [0.3, 0.4) is 0 Å². The van der Waals surface area contributed by atoms with Gasteiger partial charge >= 0.3 is 0 Å². The molecule has 120 valence electrons. The van der Waals surface area contributed by atoms with E-state index in [9.17, 15) is 14.9 Å². The second-order valence-electron chi connectivity index (χ2n) is 4.91. The van der Waals surface area contributed by atoms with Crippen LogP contribution < -0.4 is 5.32 Å². The summed E-state index contributed by atoms with van der Waals surface area (Å²) in [6.07, 6.45) is 0. The molecule has 7 heteroatoms. The summed E-state index contributed by atoms with van der Waals surface area (Å²) in [4.78, 5) is 22.6. The van der Waals surface area contributed by atoms with Crippen LogP contribution in [0.5, 0.6) is 0 Å². The molecule has 0 unspecified atom stereocenters. The van der Waals surface area contributed by atoms with Crippen molar-refractivity contribution in [3.05, 3.63) is 81.6 Å². The van der Waals surface area contributed by atoms with Crippen LogP contribution in [0.4, 0.5) is 11.4 Å². The Balaban J connectivity index is 1.83. The summed E-state index contributed by atoms with van der Waals surface area (Å²) in [5.41, 5.74) is 0.935. The van der Waals surface area contributed by atoms with Crippen LogP contribution in [-0.4, -0.2) is 10.8 Å². The van der Waals surface area contributed by atoms with Gasteiger partial charge in [0.05, 0.1) is 15.6 Å². The van der Waals surface area contributed by atoms with Gasteiger partial charge in [-0.25, -0.2) is 0 Å². The molecule has 0 radical (unpaired) electrons. The molecule has 0 fully saturated rings. The zero-order valence-electron chi connectivity index (χ0n) is 12.2. The molecule has 1 aromatic heterocycles. The Morgan fingerprint density at radius 3 is 2.62 bits per heavy atom. The molecule has 24 heavy (non-hydrogen) atoms. The molecular weight excluding hydrogens is 332 g/mol. The first-order valence-electron chi connectivity index (χ1n) is 6.95. The fourth-order valence-corrected chi connectivity index (χ4v) is 2.32. The number of carbonyl (C=O) groups is 1. The van der Waals surface area contributed by atoms with Crippen molar-refractivity contribution in [2.24, 2.45) is 0 Å². The Morgan fingerprint density at radius 2 is 1.88 bits per heavy atom. The van der Waals surface area contributed by atoms with Crippen LogP contribution in [0.1, 0.15) is 10.6 Å². The number of amides is 1. The van der Waals surface area contributed by atoms with Crippen LogP contribution in [0, 0.1) is 10.1 Å². The van der Waals surface area contributed by atoms with Crippen LogP contribution in [0.25, 0.3) is 11.3 Å². The normalized spacial score (nSPS) is 10.4. The number of non-ortho nitro benzene ring substituents is 1. The van der Waals surface area contributed by atoms with Gasteiger partial charge in [0.25, 0.3) is 11.6 Å². The molecule has 0 saturated heterocycles. The maximum atomic E-state index is 12.2. The lowest BCUT2D eigenvalue weighted by molar-refractivity contribution is -0.384. The number of para-hydroxylation sites is 1. The zero-order valence-corrected chi connectivity index (χ0v) is 13.0. The Labute approximate surface area is 141 Å². The highest BCUT2D eigenvalue weighted by Crippen LogP contribution is 2.27. The van der Waals surface area contributed by atoms with Gasteiger partial charge in [0.15, 0.2) is 5.76 Å². The van der Waals surface area contributed by atoms with Crippen molar-refractivity contribution < 1.29 is 14.1 Å². The number of halogens is 1. The van der Waals surface area contributed by atoms with E-state index in [0.717, 1.165) is 0 Å². The fourth-order valence-electron chi connectivity index (χ4n) is 2.13. The highest BCUT2D eigenvalue weighted by Gasteiger charge is 2.15. The third-order valence-corrected chi connectivity index (χ3v) is 3.62. The summed E-state index contributed by atoms with van der Waals surface area (Å²) in [5.74, 6) is -0.0146. The van der Waals surface area contributed by atoms with E-state index in [1.807, 2.05) is 0 Å². The van der Waals surface area contributed by atoms with Crippen molar-refractivity contribution in [3.63, 3.8) is 0 Å². The lowest BCUT2D eigenvalue weighted by atomic mass is 10.1. The van der Waals surface area contributed by atoms with Gasteiger partial charge in [0.2, 0.25) is 0 Å². The minimum absolute atomic E-state index is 0.0500. The van der Waals surface area contributed by atoms with Crippen molar-refractivity contribution in [2.45, 2.75) is 0 Å². The molecule has 2 aromatic carbocycles. The predicted molar refractivity (Wildman–Crippen MR) is 90.2 cm³/mol. The number of hydrogen-bond acceptors (Lipinski definition) is 4. The average Bonchev–Trinajstić information content (AvgIpc) is 3.07. The quantitative estimate of drug-likeness (QED) is 0.547. The minimum Gasteiger partial charge on any atom is -0.451 e. The Hall–Kier alpha value is -3.12. The molecule has 0 aliphatic heterocycles. The lowest BCUT2D eigenvalue weighted by Gasteiger charge is -2.04. The number of nitrogens with zero attached hydrogens (tertiary/aromatic N) is 1. The van der Waals surface area contributed by atoms with Gasteiger partial charge in [-0.15, -0.1) is 0 Å². The first kappa shape index (κ1) is 15.8. The highest BCUT2D eigenvalue weighted by molar-refractivity contribution is 6.33. The maximum absolute atomic E-state index is 12.2. The van der Waals surface area contributed by atoms with Crippen LogP contribution in [-0.2, 0) is 0 Å². The van der Waals surface area contributed by atoms with E-state index < -0.39 is 10.8 Å². The maximum Gasteiger partial charge on any atom is 0.291 e. The van der Waals surface area contributed by atoms with E-state index in [1.54, 1.807) is 42.5 Å². The Kier molecular flexibility index (Phi) is 4.31. The number of nitro benzene ring substituents is 1. The van der Waals surface area contributed by atoms with Crippen molar-refractivity contribution in [1.82, 2.24) is 0 Å². The molecule has 0 aliphatic rings. The van der Waals surface area contributed by atoms with E-state index in [-0.39, 0.29) is 11.4 Å². The van der Waals surface area contributed by atoms with Gasteiger partial charge in [-0.2, -0.15) is 0 Å². The monoisotopic (exact) mass is 342 g/mol. The topological polar surface area (TPSA) is 85.4 Å². The molecular formula is C17H11ClN2O4. The van der Waals surface area contributed by atoms with E-state index in [4.69, 9.17) is 16.0 Å².